The van der Waals surface area contributed by atoms with Crippen molar-refractivity contribution in [2.45, 2.75) is 32.4 Å². The van der Waals surface area contributed by atoms with E-state index >= 15 is 0 Å². The molecule has 1 heterocycles. The Hall–Kier alpha value is -1.73. The molecule has 6 nitrogen and oxygen atoms in total. The van der Waals surface area contributed by atoms with Gasteiger partial charge in [0.25, 0.3) is 0 Å². The highest BCUT2D eigenvalue weighted by molar-refractivity contribution is 7.90. The van der Waals surface area contributed by atoms with Crippen molar-refractivity contribution in [1.29, 1.82) is 0 Å². The van der Waals surface area contributed by atoms with Crippen molar-refractivity contribution in [2.75, 3.05) is 12.4 Å². The van der Waals surface area contributed by atoms with Gasteiger partial charge >= 0.3 is 0 Å². The molecule has 2 aromatic rings. The Morgan fingerprint density at radius 1 is 1.17 bits per heavy atom. The molecule has 0 amide bonds. The van der Waals surface area contributed by atoms with Gasteiger partial charge in [0.05, 0.1) is 5.75 Å². The van der Waals surface area contributed by atoms with E-state index in [1.807, 2.05) is 24.3 Å². The van der Waals surface area contributed by atoms with Gasteiger partial charge in [-0.1, -0.05) is 50.2 Å². The van der Waals surface area contributed by atoms with Crippen LogP contribution in [0, 0.1) is 5.92 Å². The first kappa shape index (κ1) is 17.6. The molecule has 0 radical (unpaired) electrons. The van der Waals surface area contributed by atoms with Crippen LogP contribution in [0.2, 0.25) is 0 Å². The number of hydrogen-bond acceptors (Lipinski definition) is 6. The van der Waals surface area contributed by atoms with Crippen LogP contribution in [0.25, 0.3) is 11.4 Å². The van der Waals surface area contributed by atoms with Crippen molar-refractivity contribution in [1.82, 2.24) is 10.1 Å². The third-order valence-electron chi connectivity index (χ3n) is 3.50. The molecule has 0 saturated carbocycles. The molecular formula is C16H22N2O4S. The number of aliphatic hydroxyl groups excluding tert-OH is 1. The first-order chi connectivity index (χ1) is 10.8. The van der Waals surface area contributed by atoms with Gasteiger partial charge in [-0.15, -0.1) is 0 Å². The Kier molecular flexibility index (Phi) is 5.54. The van der Waals surface area contributed by atoms with Gasteiger partial charge in [-0.05, 0) is 17.4 Å². The van der Waals surface area contributed by atoms with E-state index in [4.69, 9.17) is 9.63 Å². The molecule has 1 aromatic heterocycles. The van der Waals surface area contributed by atoms with Gasteiger partial charge in [-0.2, -0.15) is 4.98 Å². The SMILES string of the molecule is CC(CO)CS(=O)(=O)Cc1nc(-c2ccc(C(C)C)cc2)no1. The Morgan fingerprint density at radius 3 is 2.39 bits per heavy atom. The summed E-state index contributed by atoms with van der Waals surface area (Å²) in [7, 11) is -3.39. The molecule has 7 heteroatoms. The molecule has 23 heavy (non-hydrogen) atoms. The minimum absolute atomic E-state index is 0.0677. The maximum absolute atomic E-state index is 12.0. The normalized spacial score (nSPS) is 13.4. The van der Waals surface area contributed by atoms with Crippen molar-refractivity contribution in [2.24, 2.45) is 5.92 Å². The molecule has 1 aromatic carbocycles. The van der Waals surface area contributed by atoms with Crippen LogP contribution >= 0.6 is 0 Å². The largest absolute Gasteiger partial charge is 0.396 e. The second-order valence-electron chi connectivity index (χ2n) is 6.13. The van der Waals surface area contributed by atoms with Crippen LogP contribution < -0.4 is 0 Å². The van der Waals surface area contributed by atoms with Crippen molar-refractivity contribution in [3.63, 3.8) is 0 Å². The number of nitrogens with zero attached hydrogens (tertiary/aromatic N) is 2. The van der Waals surface area contributed by atoms with E-state index in [-0.39, 0.29) is 29.9 Å². The average Bonchev–Trinajstić information content (AvgIpc) is 2.94. The summed E-state index contributed by atoms with van der Waals surface area (Å²) in [5.74, 6) is 0.145. The molecule has 2 rings (SSSR count). The lowest BCUT2D eigenvalue weighted by Gasteiger charge is -2.06. The van der Waals surface area contributed by atoms with Crippen LogP contribution in [0.1, 0.15) is 38.1 Å². The van der Waals surface area contributed by atoms with Crippen molar-refractivity contribution < 1.29 is 18.0 Å². The van der Waals surface area contributed by atoms with E-state index < -0.39 is 9.84 Å². The van der Waals surface area contributed by atoms with Crippen LogP contribution in [0.15, 0.2) is 28.8 Å². The van der Waals surface area contributed by atoms with Crippen LogP contribution in [-0.4, -0.2) is 36.0 Å². The quantitative estimate of drug-likeness (QED) is 0.833. The first-order valence-electron chi connectivity index (χ1n) is 7.55. The van der Waals surface area contributed by atoms with Gasteiger partial charge in [0.1, 0.15) is 5.75 Å². The van der Waals surface area contributed by atoms with E-state index in [1.54, 1.807) is 6.92 Å². The molecule has 0 aliphatic heterocycles. The lowest BCUT2D eigenvalue weighted by Crippen LogP contribution is -2.18. The third-order valence-corrected chi connectivity index (χ3v) is 5.26. The maximum atomic E-state index is 12.0. The highest BCUT2D eigenvalue weighted by atomic mass is 32.2. The van der Waals surface area contributed by atoms with Crippen LogP contribution in [-0.2, 0) is 15.6 Å². The molecule has 0 aliphatic rings. The fraction of sp³-hybridized carbons (Fsp3) is 0.500. The Morgan fingerprint density at radius 2 is 1.83 bits per heavy atom. The summed E-state index contributed by atoms with van der Waals surface area (Å²) in [6, 6.07) is 7.78. The summed E-state index contributed by atoms with van der Waals surface area (Å²) in [6.45, 7) is 5.73. The van der Waals surface area contributed by atoms with Crippen molar-refractivity contribution >= 4 is 9.84 Å². The number of sulfone groups is 1. The summed E-state index contributed by atoms with van der Waals surface area (Å²) in [6.07, 6.45) is 0. The van der Waals surface area contributed by atoms with Crippen molar-refractivity contribution in [3.8, 4) is 11.4 Å². The summed E-state index contributed by atoms with van der Waals surface area (Å²) in [4.78, 5) is 4.15. The lowest BCUT2D eigenvalue weighted by molar-refractivity contribution is 0.249. The van der Waals surface area contributed by atoms with Crippen LogP contribution in [0.5, 0.6) is 0 Å². The minimum Gasteiger partial charge on any atom is -0.396 e. The summed E-state index contributed by atoms with van der Waals surface area (Å²) in [5, 5.41) is 12.8. The van der Waals surface area contributed by atoms with Crippen LogP contribution in [0.4, 0.5) is 0 Å². The molecule has 0 aliphatic carbocycles. The molecule has 0 fully saturated rings. The first-order valence-corrected chi connectivity index (χ1v) is 9.37. The molecule has 1 unspecified atom stereocenters. The molecule has 0 bridgehead atoms. The smallest absolute Gasteiger partial charge is 0.242 e. The second kappa shape index (κ2) is 7.23. The number of rotatable bonds is 7. The summed E-state index contributed by atoms with van der Waals surface area (Å²) in [5.41, 5.74) is 1.99. The van der Waals surface area contributed by atoms with Gasteiger partial charge in [-0.25, -0.2) is 8.42 Å². The standard InChI is InChI=1S/C16H22N2O4S/c1-11(2)13-4-6-14(7-5-13)16-17-15(22-18-16)10-23(20,21)9-12(3)8-19/h4-7,11-12,19H,8-10H2,1-3H3. The fourth-order valence-corrected chi connectivity index (χ4v) is 3.76. The summed E-state index contributed by atoms with van der Waals surface area (Å²) < 4.78 is 29.0. The third kappa shape index (κ3) is 4.87. The fourth-order valence-electron chi connectivity index (χ4n) is 2.18. The van der Waals surface area contributed by atoms with Crippen molar-refractivity contribution in [3.05, 3.63) is 35.7 Å². The average molecular weight is 338 g/mol. The summed E-state index contributed by atoms with van der Waals surface area (Å²) >= 11 is 0. The molecule has 0 spiro atoms. The number of aliphatic hydroxyl groups is 1. The predicted octanol–water partition coefficient (Wildman–Crippen LogP) is 2.40. The van der Waals surface area contributed by atoms with Gasteiger partial charge in [-0.3, -0.25) is 0 Å². The lowest BCUT2D eigenvalue weighted by atomic mass is 10.0. The maximum Gasteiger partial charge on any atom is 0.242 e. The zero-order valence-corrected chi connectivity index (χ0v) is 14.4. The molecule has 1 N–H and O–H groups in total. The molecule has 126 valence electrons. The Balaban J connectivity index is 2.11. The monoisotopic (exact) mass is 338 g/mol. The molecule has 0 saturated heterocycles. The van der Waals surface area contributed by atoms with Gasteiger partial charge in [0, 0.05) is 12.2 Å². The van der Waals surface area contributed by atoms with E-state index in [1.165, 1.54) is 5.56 Å². The zero-order valence-electron chi connectivity index (χ0n) is 13.6. The second-order valence-corrected chi connectivity index (χ2v) is 8.24. The highest BCUT2D eigenvalue weighted by Crippen LogP contribution is 2.21. The Labute approximate surface area is 136 Å². The predicted molar refractivity (Wildman–Crippen MR) is 87.6 cm³/mol. The number of benzene rings is 1. The number of aromatic nitrogens is 2. The van der Waals surface area contributed by atoms with E-state index in [0.29, 0.717) is 11.7 Å². The van der Waals surface area contributed by atoms with Gasteiger partial charge < -0.3 is 9.63 Å². The number of hydrogen-bond donors (Lipinski definition) is 1. The topological polar surface area (TPSA) is 93.3 Å². The molecule has 1 atom stereocenters. The highest BCUT2D eigenvalue weighted by Gasteiger charge is 2.20. The zero-order chi connectivity index (χ0) is 17.0. The van der Waals surface area contributed by atoms with E-state index in [0.717, 1.165) is 5.56 Å². The molecular weight excluding hydrogens is 316 g/mol. The van der Waals surface area contributed by atoms with Gasteiger partial charge in [0.15, 0.2) is 9.84 Å². The Bertz CT molecular complexity index is 736. The minimum atomic E-state index is -3.39. The van der Waals surface area contributed by atoms with Gasteiger partial charge in [0.2, 0.25) is 11.7 Å². The van der Waals surface area contributed by atoms with Crippen LogP contribution in [0.3, 0.4) is 0 Å². The van der Waals surface area contributed by atoms with E-state index in [2.05, 4.69) is 24.0 Å². The van der Waals surface area contributed by atoms with E-state index in [9.17, 15) is 8.42 Å².